The summed E-state index contributed by atoms with van der Waals surface area (Å²) in [7, 11) is 5.13. The van der Waals surface area contributed by atoms with Gasteiger partial charge in [0.1, 0.15) is 18.1 Å². The van der Waals surface area contributed by atoms with Gasteiger partial charge in [-0.2, -0.15) is 0 Å². The maximum absolute atomic E-state index is 13.6. The maximum atomic E-state index is 13.6. The van der Waals surface area contributed by atoms with Crippen molar-refractivity contribution in [2.24, 2.45) is 5.92 Å². The third-order valence-corrected chi connectivity index (χ3v) is 8.90. The van der Waals surface area contributed by atoms with Crippen LogP contribution in [0.1, 0.15) is 39.6 Å². The number of para-hydroxylation sites is 1. The van der Waals surface area contributed by atoms with E-state index in [2.05, 4.69) is 41.2 Å². The topological polar surface area (TPSA) is 93.2 Å². The number of carbonyl (C=O) groups is 2. The van der Waals surface area contributed by atoms with E-state index in [0.29, 0.717) is 35.2 Å². The first kappa shape index (κ1) is 30.5. The minimum atomic E-state index is -0.311. The SMILES string of the molecule is COc1ccc(CN2C[C@H](C)[C@@H](OC)CN(C)C(=O)c3ccc(NC(=O)c4nc5ccccc5s4)cc3OC[C@@H]2C)cc1. The van der Waals surface area contributed by atoms with Crippen molar-refractivity contribution in [1.29, 1.82) is 0 Å². The van der Waals surface area contributed by atoms with Crippen LogP contribution >= 0.6 is 11.3 Å². The second-order valence-corrected chi connectivity index (χ2v) is 12.1. The molecule has 4 aromatic rings. The van der Waals surface area contributed by atoms with E-state index in [4.69, 9.17) is 14.2 Å². The zero-order chi connectivity index (χ0) is 30.5. The number of anilines is 1. The Balaban J connectivity index is 1.41. The number of carbonyl (C=O) groups excluding carboxylic acids is 2. The van der Waals surface area contributed by atoms with Gasteiger partial charge in [-0.25, -0.2) is 4.98 Å². The van der Waals surface area contributed by atoms with Crippen LogP contribution in [0.25, 0.3) is 10.2 Å². The molecule has 9 nitrogen and oxygen atoms in total. The first-order chi connectivity index (χ1) is 20.7. The molecule has 0 aliphatic carbocycles. The summed E-state index contributed by atoms with van der Waals surface area (Å²) in [4.78, 5) is 35.2. The third kappa shape index (κ3) is 7.15. The first-order valence-electron chi connectivity index (χ1n) is 14.3. The van der Waals surface area contributed by atoms with Crippen LogP contribution in [0.2, 0.25) is 0 Å². The molecule has 0 bridgehead atoms. The van der Waals surface area contributed by atoms with E-state index < -0.39 is 0 Å². The van der Waals surface area contributed by atoms with E-state index >= 15 is 0 Å². The van der Waals surface area contributed by atoms with E-state index in [0.717, 1.165) is 34.6 Å². The van der Waals surface area contributed by atoms with Gasteiger partial charge >= 0.3 is 0 Å². The molecule has 1 aliphatic heterocycles. The fourth-order valence-corrected chi connectivity index (χ4v) is 6.13. The smallest absolute Gasteiger partial charge is 0.284 e. The Kier molecular flexibility index (Phi) is 9.59. The second kappa shape index (κ2) is 13.5. The number of nitrogens with zero attached hydrogens (tertiary/aromatic N) is 3. The highest BCUT2D eigenvalue weighted by Gasteiger charge is 2.28. The van der Waals surface area contributed by atoms with Gasteiger partial charge in [0.25, 0.3) is 11.8 Å². The van der Waals surface area contributed by atoms with Gasteiger partial charge in [-0.3, -0.25) is 14.5 Å². The van der Waals surface area contributed by atoms with Crippen LogP contribution in [0.3, 0.4) is 0 Å². The average molecular weight is 603 g/mol. The molecule has 0 saturated carbocycles. The molecule has 1 aliphatic rings. The van der Waals surface area contributed by atoms with E-state index in [1.807, 2.05) is 36.4 Å². The largest absolute Gasteiger partial charge is 0.497 e. The van der Waals surface area contributed by atoms with Gasteiger partial charge in [-0.05, 0) is 54.8 Å². The molecule has 226 valence electrons. The molecule has 10 heteroatoms. The van der Waals surface area contributed by atoms with Gasteiger partial charge in [0.15, 0.2) is 5.01 Å². The summed E-state index contributed by atoms with van der Waals surface area (Å²) in [5.41, 5.74) is 2.89. The molecule has 0 saturated heterocycles. The number of hydrogen-bond donors (Lipinski definition) is 1. The summed E-state index contributed by atoms with van der Waals surface area (Å²) in [5.74, 6) is 0.903. The van der Waals surface area contributed by atoms with Crippen LogP contribution in [0.4, 0.5) is 5.69 Å². The number of nitrogens with one attached hydrogen (secondary N) is 1. The summed E-state index contributed by atoms with van der Waals surface area (Å²) in [6, 6.07) is 20.9. The number of rotatable bonds is 6. The molecule has 3 atom stereocenters. The van der Waals surface area contributed by atoms with Crippen molar-refractivity contribution in [3.8, 4) is 11.5 Å². The fraction of sp³-hybridized carbons (Fsp3) is 0.364. The molecule has 3 aromatic carbocycles. The number of aromatic nitrogens is 1. The van der Waals surface area contributed by atoms with Gasteiger partial charge < -0.3 is 24.4 Å². The molecule has 2 heterocycles. The molecule has 2 amide bonds. The fourth-order valence-electron chi connectivity index (χ4n) is 5.26. The van der Waals surface area contributed by atoms with Crippen molar-refractivity contribution in [3.63, 3.8) is 0 Å². The zero-order valence-electron chi connectivity index (χ0n) is 25.2. The zero-order valence-corrected chi connectivity index (χ0v) is 26.0. The predicted molar refractivity (Wildman–Crippen MR) is 169 cm³/mol. The highest BCUT2D eigenvalue weighted by atomic mass is 32.1. The lowest BCUT2D eigenvalue weighted by Gasteiger charge is -2.36. The van der Waals surface area contributed by atoms with Crippen molar-refractivity contribution < 1.29 is 23.8 Å². The van der Waals surface area contributed by atoms with Crippen LogP contribution in [0, 0.1) is 5.92 Å². The average Bonchev–Trinajstić information content (AvgIpc) is 3.46. The monoisotopic (exact) mass is 602 g/mol. The number of benzene rings is 3. The lowest BCUT2D eigenvalue weighted by atomic mass is 10.0. The van der Waals surface area contributed by atoms with E-state index in [9.17, 15) is 9.59 Å². The molecule has 1 N–H and O–H groups in total. The van der Waals surface area contributed by atoms with Crippen LogP contribution in [0.15, 0.2) is 66.7 Å². The van der Waals surface area contributed by atoms with Gasteiger partial charge in [0.05, 0.1) is 29.0 Å². The Hall–Kier alpha value is -3.99. The Bertz CT molecular complexity index is 1540. The molecule has 0 radical (unpaired) electrons. The molecule has 1 aromatic heterocycles. The number of likely N-dealkylation sites (N-methyl/N-ethyl adjacent to an activating group) is 1. The van der Waals surface area contributed by atoms with Gasteiger partial charge in [0, 0.05) is 51.6 Å². The quantitative estimate of drug-likeness (QED) is 0.309. The highest BCUT2D eigenvalue weighted by Crippen LogP contribution is 2.28. The number of methoxy groups -OCH3 is 2. The van der Waals surface area contributed by atoms with E-state index in [1.54, 1.807) is 44.4 Å². The molecule has 5 rings (SSSR count). The molecule has 43 heavy (non-hydrogen) atoms. The number of amides is 2. The minimum absolute atomic E-state index is 0.0168. The summed E-state index contributed by atoms with van der Waals surface area (Å²) in [6.07, 6.45) is -0.157. The van der Waals surface area contributed by atoms with Gasteiger partial charge in [-0.15, -0.1) is 11.3 Å². The van der Waals surface area contributed by atoms with E-state index in [-0.39, 0.29) is 29.9 Å². The number of ether oxygens (including phenoxy) is 3. The second-order valence-electron chi connectivity index (χ2n) is 11.0. The predicted octanol–water partition coefficient (Wildman–Crippen LogP) is 5.56. The molecule has 0 fully saturated rings. The summed E-state index contributed by atoms with van der Waals surface area (Å²) < 4.78 is 18.5. The van der Waals surface area contributed by atoms with Crippen molar-refractivity contribution in [3.05, 3.63) is 82.9 Å². The maximum Gasteiger partial charge on any atom is 0.284 e. The minimum Gasteiger partial charge on any atom is -0.497 e. The third-order valence-electron chi connectivity index (χ3n) is 7.87. The molecular weight excluding hydrogens is 564 g/mol. The van der Waals surface area contributed by atoms with Crippen LogP contribution < -0.4 is 14.8 Å². The lowest BCUT2D eigenvalue weighted by molar-refractivity contribution is 0.00921. The van der Waals surface area contributed by atoms with Crippen molar-refractivity contribution >= 4 is 39.1 Å². The van der Waals surface area contributed by atoms with Crippen LogP contribution in [-0.4, -0.2) is 79.7 Å². The Morgan fingerprint density at radius 2 is 1.84 bits per heavy atom. The molecular formula is C33H38N4O5S. The Morgan fingerprint density at radius 1 is 1.07 bits per heavy atom. The Labute approximate surface area is 256 Å². The van der Waals surface area contributed by atoms with Crippen LogP contribution in [0.5, 0.6) is 11.5 Å². The van der Waals surface area contributed by atoms with E-state index in [1.165, 1.54) is 11.3 Å². The highest BCUT2D eigenvalue weighted by molar-refractivity contribution is 7.20. The van der Waals surface area contributed by atoms with Gasteiger partial charge in [-0.1, -0.05) is 31.2 Å². The molecule has 0 spiro atoms. The number of fused-ring (bicyclic) bond motifs is 2. The molecule has 0 unspecified atom stereocenters. The standard InChI is InChI=1S/C33H38N4O5S/c1-21-17-37(18-23-10-13-25(40-4)14-11-23)22(2)20-42-28-16-24(12-15-26(28)33(39)36(3)19-29(21)41-5)34-31(38)32-35-27-8-6-7-9-30(27)43-32/h6-16,21-22,29H,17-20H2,1-5H3,(H,34,38)/t21-,22-,29-/m0/s1. The van der Waals surface area contributed by atoms with Crippen molar-refractivity contribution in [1.82, 2.24) is 14.8 Å². The normalized spacial score (nSPS) is 20.1. The van der Waals surface area contributed by atoms with Crippen LogP contribution in [-0.2, 0) is 11.3 Å². The first-order valence-corrected chi connectivity index (χ1v) is 15.2. The lowest BCUT2D eigenvalue weighted by Crippen LogP contribution is -2.46. The summed E-state index contributed by atoms with van der Waals surface area (Å²) in [5, 5.41) is 3.30. The summed E-state index contributed by atoms with van der Waals surface area (Å²) >= 11 is 1.34. The van der Waals surface area contributed by atoms with Crippen molar-refractivity contribution in [2.75, 3.05) is 46.3 Å². The number of thiazole rings is 1. The van der Waals surface area contributed by atoms with Crippen molar-refractivity contribution in [2.45, 2.75) is 32.5 Å². The Morgan fingerprint density at radius 3 is 2.56 bits per heavy atom. The summed E-state index contributed by atoms with van der Waals surface area (Å²) in [6.45, 7) is 6.52. The number of hydrogen-bond acceptors (Lipinski definition) is 8. The van der Waals surface area contributed by atoms with Gasteiger partial charge in [0.2, 0.25) is 0 Å².